The van der Waals surface area contributed by atoms with Gasteiger partial charge in [0.15, 0.2) is 0 Å². The first-order chi connectivity index (χ1) is 12.1. The lowest BCUT2D eigenvalue weighted by Crippen LogP contribution is -2.40. The van der Waals surface area contributed by atoms with Crippen molar-refractivity contribution in [1.29, 1.82) is 0 Å². The highest BCUT2D eigenvalue weighted by atomic mass is 35.5. The largest absolute Gasteiger partial charge is 0.344 e. The van der Waals surface area contributed by atoms with Crippen molar-refractivity contribution in [2.45, 2.75) is 0 Å². The summed E-state index contributed by atoms with van der Waals surface area (Å²) in [6.07, 6.45) is 0. The molecule has 0 saturated heterocycles. The van der Waals surface area contributed by atoms with E-state index in [0.717, 1.165) is 10.5 Å². The number of halogens is 1. The van der Waals surface area contributed by atoms with Gasteiger partial charge in [-0.25, -0.2) is 0 Å². The first-order valence-electron chi connectivity index (χ1n) is 7.52. The summed E-state index contributed by atoms with van der Waals surface area (Å²) in [6, 6.07) is 13.6. The Balaban J connectivity index is 1.56. The Morgan fingerprint density at radius 3 is 2.36 bits per heavy atom. The second kappa shape index (κ2) is 7.20. The summed E-state index contributed by atoms with van der Waals surface area (Å²) in [5, 5.41) is 3.16. The quantitative estimate of drug-likeness (QED) is 0.679. The van der Waals surface area contributed by atoms with Gasteiger partial charge in [0.05, 0.1) is 17.7 Å². The van der Waals surface area contributed by atoms with Crippen molar-refractivity contribution in [3.8, 4) is 11.8 Å². The van der Waals surface area contributed by atoms with Gasteiger partial charge in [0.2, 0.25) is 5.91 Å². The van der Waals surface area contributed by atoms with E-state index in [4.69, 9.17) is 11.6 Å². The lowest BCUT2D eigenvalue weighted by atomic mass is 10.1. The third-order valence-electron chi connectivity index (χ3n) is 3.61. The molecule has 1 heterocycles. The van der Waals surface area contributed by atoms with Crippen LogP contribution in [0, 0.1) is 11.8 Å². The smallest absolute Gasteiger partial charge is 0.262 e. The zero-order chi connectivity index (χ0) is 17.8. The van der Waals surface area contributed by atoms with E-state index in [1.807, 2.05) is 0 Å². The van der Waals surface area contributed by atoms with Crippen LogP contribution in [0.4, 0.5) is 0 Å². The second-order valence-electron chi connectivity index (χ2n) is 5.33. The van der Waals surface area contributed by atoms with Gasteiger partial charge in [0.25, 0.3) is 11.8 Å². The van der Waals surface area contributed by atoms with Gasteiger partial charge in [-0.2, -0.15) is 0 Å². The van der Waals surface area contributed by atoms with Gasteiger partial charge in [-0.3, -0.25) is 19.3 Å². The number of amides is 3. The van der Waals surface area contributed by atoms with Crippen LogP contribution < -0.4 is 5.32 Å². The fourth-order valence-corrected chi connectivity index (χ4v) is 2.63. The molecular weight excluding hydrogens is 340 g/mol. The maximum Gasteiger partial charge on any atom is 0.262 e. The highest BCUT2D eigenvalue weighted by Crippen LogP contribution is 2.21. The van der Waals surface area contributed by atoms with Crippen molar-refractivity contribution in [3.63, 3.8) is 0 Å². The van der Waals surface area contributed by atoms with E-state index in [1.54, 1.807) is 48.5 Å². The number of fused-ring (bicyclic) bond motifs is 1. The van der Waals surface area contributed by atoms with E-state index in [-0.39, 0.29) is 13.1 Å². The first kappa shape index (κ1) is 16.7. The summed E-state index contributed by atoms with van der Waals surface area (Å²) in [5.74, 6) is 4.30. The maximum atomic E-state index is 12.2. The number of nitrogens with zero attached hydrogens (tertiary/aromatic N) is 1. The molecule has 0 aromatic heterocycles. The number of benzene rings is 2. The van der Waals surface area contributed by atoms with Gasteiger partial charge in [-0.05, 0) is 30.3 Å². The maximum absolute atomic E-state index is 12.2. The van der Waals surface area contributed by atoms with Crippen molar-refractivity contribution in [3.05, 3.63) is 70.2 Å². The number of hydrogen-bond acceptors (Lipinski definition) is 3. The average Bonchev–Trinajstić information content (AvgIpc) is 2.84. The molecule has 5 nitrogen and oxygen atoms in total. The molecule has 1 aliphatic rings. The highest BCUT2D eigenvalue weighted by Gasteiger charge is 2.36. The lowest BCUT2D eigenvalue weighted by molar-refractivity contribution is -0.121. The van der Waals surface area contributed by atoms with Crippen molar-refractivity contribution >= 4 is 29.3 Å². The van der Waals surface area contributed by atoms with E-state index in [0.29, 0.717) is 16.1 Å². The molecule has 1 N–H and O–H groups in total. The van der Waals surface area contributed by atoms with Gasteiger partial charge in [0.1, 0.15) is 6.54 Å². The lowest BCUT2D eigenvalue weighted by Gasteiger charge is -2.12. The predicted octanol–water partition coefficient (Wildman–Crippen LogP) is 2.10. The molecule has 3 amide bonds. The van der Waals surface area contributed by atoms with E-state index < -0.39 is 17.7 Å². The zero-order valence-corrected chi connectivity index (χ0v) is 13.8. The van der Waals surface area contributed by atoms with E-state index in [1.165, 1.54) is 0 Å². The molecule has 0 atom stereocenters. The third kappa shape index (κ3) is 3.70. The molecule has 6 heteroatoms. The Morgan fingerprint density at radius 1 is 1.04 bits per heavy atom. The molecule has 0 aliphatic carbocycles. The molecule has 0 saturated carbocycles. The monoisotopic (exact) mass is 352 g/mol. The van der Waals surface area contributed by atoms with Gasteiger partial charge < -0.3 is 5.32 Å². The van der Waals surface area contributed by atoms with Gasteiger partial charge >= 0.3 is 0 Å². The number of carbonyl (C=O) groups excluding carboxylic acids is 3. The van der Waals surface area contributed by atoms with E-state index in [9.17, 15) is 14.4 Å². The molecule has 1 aliphatic heterocycles. The van der Waals surface area contributed by atoms with Crippen LogP contribution in [0.5, 0.6) is 0 Å². The molecule has 0 radical (unpaired) electrons. The molecule has 124 valence electrons. The van der Waals surface area contributed by atoms with Crippen LogP contribution in [0.1, 0.15) is 26.3 Å². The Kier molecular flexibility index (Phi) is 4.82. The molecule has 25 heavy (non-hydrogen) atoms. The van der Waals surface area contributed by atoms with Crippen LogP contribution in [0.3, 0.4) is 0 Å². The summed E-state index contributed by atoms with van der Waals surface area (Å²) in [5.41, 5.74) is 1.38. The number of hydrogen-bond donors (Lipinski definition) is 1. The third-order valence-corrected chi connectivity index (χ3v) is 3.85. The van der Waals surface area contributed by atoms with Crippen molar-refractivity contribution in [1.82, 2.24) is 10.2 Å². The Hall–Kier alpha value is -3.10. The van der Waals surface area contributed by atoms with Gasteiger partial charge in [-0.15, -0.1) is 0 Å². The number of rotatable bonds is 3. The summed E-state index contributed by atoms with van der Waals surface area (Å²) in [4.78, 5) is 37.2. The normalized spacial score (nSPS) is 12.4. The molecule has 0 spiro atoms. The minimum atomic E-state index is -0.458. The molecule has 0 unspecified atom stereocenters. The summed E-state index contributed by atoms with van der Waals surface area (Å²) >= 11 is 5.86. The average molecular weight is 353 g/mol. The minimum absolute atomic E-state index is 0.106. The predicted molar refractivity (Wildman–Crippen MR) is 93.1 cm³/mol. The Bertz CT molecular complexity index is 893. The van der Waals surface area contributed by atoms with Crippen LogP contribution in [-0.4, -0.2) is 35.7 Å². The molecular formula is C19H13ClN2O3. The fraction of sp³-hybridized carbons (Fsp3) is 0.105. The Labute approximate surface area is 149 Å². The highest BCUT2D eigenvalue weighted by molar-refractivity contribution is 6.30. The van der Waals surface area contributed by atoms with Crippen LogP contribution >= 0.6 is 11.6 Å². The van der Waals surface area contributed by atoms with Crippen molar-refractivity contribution in [2.75, 3.05) is 13.1 Å². The SMILES string of the molecule is O=C(CN1C(=O)c2ccccc2C1=O)NCC#Cc1cccc(Cl)c1. The molecule has 0 bridgehead atoms. The minimum Gasteiger partial charge on any atom is -0.344 e. The number of imide groups is 1. The molecule has 3 rings (SSSR count). The van der Waals surface area contributed by atoms with Crippen molar-refractivity contribution in [2.24, 2.45) is 0 Å². The molecule has 2 aromatic carbocycles. The van der Waals surface area contributed by atoms with E-state index >= 15 is 0 Å². The van der Waals surface area contributed by atoms with Crippen LogP contribution in [0.2, 0.25) is 5.02 Å². The summed E-state index contributed by atoms with van der Waals surface area (Å²) in [7, 11) is 0. The molecule has 2 aromatic rings. The standard InChI is InChI=1S/C19H13ClN2O3/c20-14-7-3-5-13(11-14)6-4-10-21-17(23)12-22-18(24)15-8-1-2-9-16(15)19(22)25/h1-3,5,7-9,11H,10,12H2,(H,21,23). The van der Waals surface area contributed by atoms with Crippen LogP contribution in [0.25, 0.3) is 0 Å². The fourth-order valence-electron chi connectivity index (χ4n) is 2.44. The van der Waals surface area contributed by atoms with E-state index in [2.05, 4.69) is 17.2 Å². The van der Waals surface area contributed by atoms with Gasteiger partial charge in [0, 0.05) is 10.6 Å². The number of carbonyl (C=O) groups is 3. The summed E-state index contributed by atoms with van der Waals surface area (Å²) < 4.78 is 0. The Morgan fingerprint density at radius 2 is 1.72 bits per heavy atom. The van der Waals surface area contributed by atoms with Gasteiger partial charge in [-0.1, -0.05) is 41.6 Å². The zero-order valence-electron chi connectivity index (χ0n) is 13.1. The second-order valence-corrected chi connectivity index (χ2v) is 5.77. The van der Waals surface area contributed by atoms with Crippen molar-refractivity contribution < 1.29 is 14.4 Å². The first-order valence-corrected chi connectivity index (χ1v) is 7.90. The van der Waals surface area contributed by atoms with Crippen LogP contribution in [0.15, 0.2) is 48.5 Å². The molecule has 0 fully saturated rings. The number of nitrogens with one attached hydrogen (secondary N) is 1. The van der Waals surface area contributed by atoms with Crippen LogP contribution in [-0.2, 0) is 4.79 Å². The summed E-state index contributed by atoms with van der Waals surface area (Å²) in [6.45, 7) is -0.223. The topological polar surface area (TPSA) is 66.5 Å².